The highest BCUT2D eigenvalue weighted by atomic mass is 32.1. The lowest BCUT2D eigenvalue weighted by molar-refractivity contribution is -0.126. The lowest BCUT2D eigenvalue weighted by atomic mass is 9.86. The maximum absolute atomic E-state index is 13.0. The third-order valence-corrected chi connectivity index (χ3v) is 8.67. The maximum Gasteiger partial charge on any atom is 0.393 e. The molecular weight excluding hydrogens is 497 g/mol. The number of aromatic nitrogens is 2. The Bertz CT molecular complexity index is 1270. The fourth-order valence-corrected chi connectivity index (χ4v) is 6.74. The molecule has 0 aliphatic carbocycles. The Balaban J connectivity index is 1.28. The second-order valence-corrected chi connectivity index (χ2v) is 11.7. The van der Waals surface area contributed by atoms with Crippen LogP contribution in [0.5, 0.6) is 0 Å². The summed E-state index contributed by atoms with van der Waals surface area (Å²) < 4.78 is 39.1. The number of hydrogen-bond donors (Lipinski definition) is 0. The van der Waals surface area contributed by atoms with Gasteiger partial charge in [-0.25, -0.2) is 9.97 Å². The number of carbonyl (C=O) groups is 1. The number of anilines is 1. The van der Waals surface area contributed by atoms with E-state index in [1.165, 1.54) is 5.56 Å². The van der Waals surface area contributed by atoms with Crippen molar-refractivity contribution in [2.45, 2.75) is 65.1 Å². The summed E-state index contributed by atoms with van der Waals surface area (Å²) in [7, 11) is 0. The van der Waals surface area contributed by atoms with Crippen LogP contribution >= 0.6 is 11.3 Å². The van der Waals surface area contributed by atoms with Crippen LogP contribution in [0.25, 0.3) is 10.2 Å². The second-order valence-electron chi connectivity index (χ2n) is 10.6. The van der Waals surface area contributed by atoms with Crippen molar-refractivity contribution < 1.29 is 18.0 Å². The number of benzene rings is 1. The number of alkyl halides is 3. The number of carbonyl (C=O) groups excluding carboxylic acids is 1. The molecule has 198 valence electrons. The summed E-state index contributed by atoms with van der Waals surface area (Å²) in [5.41, 5.74) is 2.48. The minimum Gasteiger partial charge on any atom is -0.355 e. The summed E-state index contributed by atoms with van der Waals surface area (Å²) in [6.07, 6.45) is -1.30. The Hall–Kier alpha value is -2.52. The Morgan fingerprint density at radius 3 is 2.49 bits per heavy atom. The minimum atomic E-state index is -4.24. The molecule has 1 unspecified atom stereocenters. The van der Waals surface area contributed by atoms with Gasteiger partial charge in [0, 0.05) is 55.7 Å². The quantitative estimate of drug-likeness (QED) is 0.359. The normalized spacial score (nSPS) is 20.5. The molecule has 2 aliphatic rings. The summed E-state index contributed by atoms with van der Waals surface area (Å²) in [6, 6.07) is 10.0. The van der Waals surface area contributed by atoms with E-state index in [4.69, 9.17) is 4.98 Å². The topological polar surface area (TPSA) is 49.3 Å². The number of hydrogen-bond acceptors (Lipinski definition) is 6. The number of thiophene rings is 1. The predicted octanol–water partition coefficient (Wildman–Crippen LogP) is 5.98. The van der Waals surface area contributed by atoms with Crippen LogP contribution in [-0.2, 0) is 30.6 Å². The van der Waals surface area contributed by atoms with E-state index in [2.05, 4.69) is 39.0 Å². The molecule has 2 aromatic heterocycles. The molecule has 3 aromatic rings. The van der Waals surface area contributed by atoms with Crippen LogP contribution in [-0.4, -0.2) is 53.0 Å². The fraction of sp³-hybridized carbons (Fsp3) is 0.536. The lowest BCUT2D eigenvalue weighted by Crippen LogP contribution is -2.31. The third kappa shape index (κ3) is 5.98. The molecule has 1 spiro atoms. The average Bonchev–Trinajstić information content (AvgIpc) is 3.57. The van der Waals surface area contributed by atoms with Gasteiger partial charge in [0.25, 0.3) is 0 Å². The first kappa shape index (κ1) is 26.1. The van der Waals surface area contributed by atoms with Crippen molar-refractivity contribution in [3.05, 3.63) is 52.2 Å². The Kier molecular flexibility index (Phi) is 7.29. The average molecular weight is 531 g/mol. The lowest BCUT2D eigenvalue weighted by Gasteiger charge is -2.25. The Morgan fingerprint density at radius 2 is 1.78 bits per heavy atom. The van der Waals surface area contributed by atoms with Gasteiger partial charge in [-0.15, -0.1) is 11.3 Å². The van der Waals surface area contributed by atoms with E-state index in [9.17, 15) is 18.0 Å². The number of nitrogens with zero attached hydrogens (tertiary/aromatic N) is 4. The first-order valence-corrected chi connectivity index (χ1v) is 13.9. The van der Waals surface area contributed by atoms with E-state index >= 15 is 0 Å². The monoisotopic (exact) mass is 530 g/mol. The van der Waals surface area contributed by atoms with Gasteiger partial charge in [-0.05, 0) is 36.6 Å². The molecule has 4 heterocycles. The Labute approximate surface area is 219 Å². The van der Waals surface area contributed by atoms with Gasteiger partial charge in [-0.1, -0.05) is 38.1 Å². The molecule has 2 aliphatic heterocycles. The highest BCUT2D eigenvalue weighted by Crippen LogP contribution is 2.43. The molecule has 5 rings (SSSR count). The zero-order chi connectivity index (χ0) is 26.2. The van der Waals surface area contributed by atoms with Crippen LogP contribution in [0, 0.1) is 5.41 Å². The molecule has 0 radical (unpaired) electrons. The van der Waals surface area contributed by atoms with Crippen molar-refractivity contribution in [2.75, 3.05) is 31.1 Å². The van der Waals surface area contributed by atoms with Gasteiger partial charge in [-0.3, -0.25) is 9.69 Å². The molecule has 5 nitrogen and oxygen atoms in total. The minimum absolute atomic E-state index is 0.169. The van der Waals surface area contributed by atoms with Crippen molar-refractivity contribution in [1.82, 2.24) is 14.9 Å². The summed E-state index contributed by atoms with van der Waals surface area (Å²) in [4.78, 5) is 26.8. The van der Waals surface area contributed by atoms with Crippen molar-refractivity contribution in [3.8, 4) is 0 Å². The molecule has 1 aromatic carbocycles. The summed E-state index contributed by atoms with van der Waals surface area (Å²) >= 11 is 1.13. The van der Waals surface area contributed by atoms with Gasteiger partial charge in [-0.2, -0.15) is 13.2 Å². The first-order valence-electron chi connectivity index (χ1n) is 13.1. The molecule has 9 heteroatoms. The van der Waals surface area contributed by atoms with Crippen LogP contribution in [0.3, 0.4) is 0 Å². The third-order valence-electron chi connectivity index (χ3n) is 7.64. The van der Waals surface area contributed by atoms with Crippen LogP contribution in [0.4, 0.5) is 19.0 Å². The van der Waals surface area contributed by atoms with Crippen molar-refractivity contribution in [3.63, 3.8) is 0 Å². The summed E-state index contributed by atoms with van der Waals surface area (Å²) in [5.74, 6) is 1.73. The molecule has 2 saturated heterocycles. The van der Waals surface area contributed by atoms with Gasteiger partial charge in [0.15, 0.2) is 0 Å². The molecule has 0 amide bonds. The van der Waals surface area contributed by atoms with Crippen molar-refractivity contribution in [1.29, 1.82) is 0 Å². The van der Waals surface area contributed by atoms with Gasteiger partial charge in [0.05, 0.1) is 11.8 Å². The van der Waals surface area contributed by atoms with Crippen LogP contribution in [0.15, 0.2) is 30.3 Å². The smallest absolute Gasteiger partial charge is 0.355 e. The Morgan fingerprint density at radius 1 is 1.05 bits per heavy atom. The van der Waals surface area contributed by atoms with Gasteiger partial charge >= 0.3 is 6.18 Å². The zero-order valence-corrected chi connectivity index (χ0v) is 22.2. The number of aryl methyl sites for hydroxylation is 1. The van der Waals surface area contributed by atoms with E-state index in [-0.39, 0.29) is 16.1 Å². The van der Waals surface area contributed by atoms with Gasteiger partial charge < -0.3 is 4.90 Å². The first-order chi connectivity index (χ1) is 17.6. The zero-order valence-electron chi connectivity index (χ0n) is 21.4. The summed E-state index contributed by atoms with van der Waals surface area (Å²) in [5, 5.41) is 0.745. The van der Waals surface area contributed by atoms with Crippen molar-refractivity contribution in [2.24, 2.45) is 5.41 Å². The number of fused-ring (bicyclic) bond motifs is 1. The molecule has 0 bridgehead atoms. The fourth-order valence-electron chi connectivity index (χ4n) is 5.67. The second kappa shape index (κ2) is 10.3. The van der Waals surface area contributed by atoms with Crippen LogP contribution in [0.1, 0.15) is 54.9 Å². The molecule has 37 heavy (non-hydrogen) atoms. The highest BCUT2D eigenvalue weighted by molar-refractivity contribution is 7.18. The number of rotatable bonds is 8. The standard InChI is InChI=1S/C28H33F3N4OS/c1-3-21(36)13-19-5-7-20(8-6-19)16-34-11-9-27(17-34)10-12-35(18-27)25-23-14-22(15-28(29,30)31)37-26(23)33-24(4-2)32-25/h5-8,14H,3-4,9-13,15-18H2,1-2H3. The maximum atomic E-state index is 13.0. The number of likely N-dealkylation sites (tertiary alicyclic amines) is 1. The molecule has 2 fully saturated rings. The van der Waals surface area contributed by atoms with E-state index in [0.717, 1.165) is 73.7 Å². The van der Waals surface area contributed by atoms with Crippen molar-refractivity contribution >= 4 is 33.2 Å². The number of Topliss-reactive ketones (excluding diaryl/α,β-unsaturated/α-hetero) is 1. The molecule has 0 saturated carbocycles. The predicted molar refractivity (Wildman–Crippen MR) is 141 cm³/mol. The largest absolute Gasteiger partial charge is 0.393 e. The van der Waals surface area contributed by atoms with Crippen LogP contribution in [0.2, 0.25) is 0 Å². The van der Waals surface area contributed by atoms with E-state index < -0.39 is 12.6 Å². The number of ketones is 1. The molecular formula is C28H33F3N4OS. The van der Waals surface area contributed by atoms with E-state index in [0.29, 0.717) is 29.9 Å². The van der Waals surface area contributed by atoms with E-state index in [1.54, 1.807) is 6.07 Å². The molecule has 0 N–H and O–H groups in total. The molecule has 1 atom stereocenters. The SMILES string of the molecule is CCC(=O)Cc1ccc(CN2CCC3(CCN(c4nc(CC)nc5sc(CC(F)(F)F)cc45)C3)C2)cc1. The van der Waals surface area contributed by atoms with Gasteiger partial charge in [0.1, 0.15) is 22.3 Å². The highest BCUT2D eigenvalue weighted by Gasteiger charge is 2.44. The number of halogens is 3. The van der Waals surface area contributed by atoms with Gasteiger partial charge in [0.2, 0.25) is 0 Å². The summed E-state index contributed by atoms with van der Waals surface area (Å²) in [6.45, 7) is 8.49. The van der Waals surface area contributed by atoms with Crippen LogP contribution < -0.4 is 4.90 Å². The van der Waals surface area contributed by atoms with E-state index in [1.807, 2.05) is 13.8 Å².